The van der Waals surface area contributed by atoms with Crippen molar-refractivity contribution < 1.29 is 14.0 Å². The van der Waals surface area contributed by atoms with Gasteiger partial charge in [-0.25, -0.2) is 4.39 Å². The summed E-state index contributed by atoms with van der Waals surface area (Å²) in [5, 5.41) is 3.18. The van der Waals surface area contributed by atoms with Crippen molar-refractivity contribution in [1.82, 2.24) is 10.2 Å². The van der Waals surface area contributed by atoms with Gasteiger partial charge >= 0.3 is 0 Å². The van der Waals surface area contributed by atoms with Gasteiger partial charge in [0.05, 0.1) is 5.75 Å². The standard InChI is InChI=1S/C26H32BrFN2O2S/c1-2-24(26(32)29-23-6-4-3-5-7-23)30(16-19-10-14-22(28)15-11-19)25(31)18-33-17-20-8-12-21(27)13-9-20/h8-15,23-24H,2-7,16-18H2,1H3,(H,29,32)/t24-/m1/s1. The maximum atomic E-state index is 13.4. The molecule has 0 aliphatic heterocycles. The molecule has 1 aliphatic rings. The molecule has 2 amide bonds. The molecular weight excluding hydrogens is 503 g/mol. The van der Waals surface area contributed by atoms with E-state index >= 15 is 0 Å². The average molecular weight is 536 g/mol. The van der Waals surface area contributed by atoms with E-state index in [1.807, 2.05) is 31.2 Å². The molecule has 0 aromatic heterocycles. The number of hydrogen-bond acceptors (Lipinski definition) is 3. The third-order valence-electron chi connectivity index (χ3n) is 6.01. The molecule has 4 nitrogen and oxygen atoms in total. The molecule has 2 aromatic rings. The molecule has 178 valence electrons. The summed E-state index contributed by atoms with van der Waals surface area (Å²) in [4.78, 5) is 28.1. The number of halogens is 2. The molecule has 3 rings (SSSR count). The fourth-order valence-electron chi connectivity index (χ4n) is 4.17. The SMILES string of the molecule is CC[C@H](C(=O)NC1CCCCC1)N(Cc1ccc(F)cc1)C(=O)CSCc1ccc(Br)cc1. The van der Waals surface area contributed by atoms with Gasteiger partial charge in [0.1, 0.15) is 11.9 Å². The fraction of sp³-hybridized carbons (Fsp3) is 0.462. The summed E-state index contributed by atoms with van der Waals surface area (Å²) in [6, 6.07) is 13.8. The third-order valence-corrected chi connectivity index (χ3v) is 7.53. The molecule has 0 heterocycles. The predicted molar refractivity (Wildman–Crippen MR) is 136 cm³/mol. The van der Waals surface area contributed by atoms with Gasteiger partial charge in [0.2, 0.25) is 11.8 Å². The van der Waals surface area contributed by atoms with Crippen molar-refractivity contribution in [1.29, 1.82) is 0 Å². The van der Waals surface area contributed by atoms with Crippen LogP contribution in [-0.4, -0.2) is 34.6 Å². The van der Waals surface area contributed by atoms with E-state index in [4.69, 9.17) is 0 Å². The van der Waals surface area contributed by atoms with Crippen molar-refractivity contribution in [3.63, 3.8) is 0 Å². The lowest BCUT2D eigenvalue weighted by molar-refractivity contribution is -0.139. The molecule has 2 aromatic carbocycles. The smallest absolute Gasteiger partial charge is 0.243 e. The average Bonchev–Trinajstić information content (AvgIpc) is 2.82. The molecule has 1 N–H and O–H groups in total. The Hall–Kier alpha value is -1.86. The molecule has 0 spiro atoms. The van der Waals surface area contributed by atoms with Crippen LogP contribution in [0, 0.1) is 5.82 Å². The minimum absolute atomic E-state index is 0.0768. The van der Waals surface area contributed by atoms with E-state index in [9.17, 15) is 14.0 Å². The monoisotopic (exact) mass is 534 g/mol. The summed E-state index contributed by atoms with van der Waals surface area (Å²) in [5.41, 5.74) is 1.95. The van der Waals surface area contributed by atoms with Crippen LogP contribution in [0.1, 0.15) is 56.6 Å². The zero-order valence-corrected chi connectivity index (χ0v) is 21.5. The van der Waals surface area contributed by atoms with Crippen LogP contribution in [-0.2, 0) is 21.9 Å². The van der Waals surface area contributed by atoms with E-state index in [-0.39, 0.29) is 36.0 Å². The number of rotatable bonds is 10. The molecule has 1 fully saturated rings. The lowest BCUT2D eigenvalue weighted by Crippen LogP contribution is -2.52. The Morgan fingerprint density at radius 3 is 2.33 bits per heavy atom. The highest BCUT2D eigenvalue weighted by Gasteiger charge is 2.30. The number of benzene rings is 2. The van der Waals surface area contributed by atoms with Crippen molar-refractivity contribution in [2.75, 3.05) is 5.75 Å². The molecule has 1 aliphatic carbocycles. The Labute approximate surface area is 208 Å². The second-order valence-electron chi connectivity index (χ2n) is 8.53. The summed E-state index contributed by atoms with van der Waals surface area (Å²) in [5.74, 6) is 0.521. The summed E-state index contributed by atoms with van der Waals surface area (Å²) < 4.78 is 14.4. The molecule has 33 heavy (non-hydrogen) atoms. The van der Waals surface area contributed by atoms with Crippen molar-refractivity contribution >= 4 is 39.5 Å². The van der Waals surface area contributed by atoms with Crippen molar-refractivity contribution in [2.45, 2.75) is 69.8 Å². The largest absolute Gasteiger partial charge is 0.352 e. The number of nitrogens with zero attached hydrogens (tertiary/aromatic N) is 1. The second-order valence-corrected chi connectivity index (χ2v) is 10.4. The first-order valence-corrected chi connectivity index (χ1v) is 13.6. The lowest BCUT2D eigenvalue weighted by Gasteiger charge is -2.32. The van der Waals surface area contributed by atoms with E-state index < -0.39 is 6.04 Å². The Morgan fingerprint density at radius 2 is 1.70 bits per heavy atom. The number of amides is 2. The highest BCUT2D eigenvalue weighted by Crippen LogP contribution is 2.21. The van der Waals surface area contributed by atoms with Crippen LogP contribution in [0.5, 0.6) is 0 Å². The Kier molecular flexibility index (Phi) is 10.3. The van der Waals surface area contributed by atoms with E-state index in [1.54, 1.807) is 17.0 Å². The first kappa shape index (κ1) is 25.8. The topological polar surface area (TPSA) is 49.4 Å². The van der Waals surface area contributed by atoms with Crippen LogP contribution in [0.25, 0.3) is 0 Å². The maximum absolute atomic E-state index is 13.4. The summed E-state index contributed by atoms with van der Waals surface area (Å²) >= 11 is 4.97. The van der Waals surface area contributed by atoms with Crippen LogP contribution in [0.3, 0.4) is 0 Å². The van der Waals surface area contributed by atoms with Gasteiger partial charge in [0, 0.05) is 22.8 Å². The van der Waals surface area contributed by atoms with Gasteiger partial charge < -0.3 is 10.2 Å². The van der Waals surface area contributed by atoms with Crippen molar-refractivity contribution in [2.24, 2.45) is 0 Å². The summed E-state index contributed by atoms with van der Waals surface area (Å²) in [6.45, 7) is 2.22. The van der Waals surface area contributed by atoms with Crippen molar-refractivity contribution in [3.05, 3.63) is 69.9 Å². The molecule has 0 saturated heterocycles. The normalized spacial score (nSPS) is 15.1. The summed E-state index contributed by atoms with van der Waals surface area (Å²) in [6.07, 6.45) is 6.00. The number of hydrogen-bond donors (Lipinski definition) is 1. The zero-order chi connectivity index (χ0) is 23.6. The van der Waals surface area contributed by atoms with E-state index in [1.165, 1.54) is 30.3 Å². The molecule has 0 radical (unpaired) electrons. The molecule has 0 bridgehead atoms. The van der Waals surface area contributed by atoms with Gasteiger partial charge in [0.25, 0.3) is 0 Å². The van der Waals surface area contributed by atoms with Gasteiger partial charge in [-0.15, -0.1) is 11.8 Å². The molecule has 0 unspecified atom stereocenters. The molecular formula is C26H32BrFN2O2S. The first-order valence-electron chi connectivity index (χ1n) is 11.6. The van der Waals surface area contributed by atoms with E-state index in [2.05, 4.69) is 21.2 Å². The predicted octanol–water partition coefficient (Wildman–Crippen LogP) is 6.08. The lowest BCUT2D eigenvalue weighted by atomic mass is 9.95. The van der Waals surface area contributed by atoms with Crippen LogP contribution >= 0.6 is 27.7 Å². The maximum Gasteiger partial charge on any atom is 0.243 e. The van der Waals surface area contributed by atoms with Gasteiger partial charge in [-0.2, -0.15) is 0 Å². The molecule has 1 saturated carbocycles. The molecule has 7 heteroatoms. The summed E-state index contributed by atoms with van der Waals surface area (Å²) in [7, 11) is 0. The van der Waals surface area contributed by atoms with Crippen LogP contribution in [0.4, 0.5) is 4.39 Å². The van der Waals surface area contributed by atoms with Gasteiger partial charge in [-0.05, 0) is 54.7 Å². The third kappa shape index (κ3) is 8.14. The number of carbonyl (C=O) groups excluding carboxylic acids is 2. The Morgan fingerprint density at radius 1 is 1.06 bits per heavy atom. The number of carbonyl (C=O) groups is 2. The van der Waals surface area contributed by atoms with Crippen molar-refractivity contribution in [3.8, 4) is 0 Å². The zero-order valence-electron chi connectivity index (χ0n) is 19.1. The van der Waals surface area contributed by atoms with E-state index in [0.717, 1.165) is 41.3 Å². The number of nitrogens with one attached hydrogen (secondary N) is 1. The number of thioether (sulfide) groups is 1. The minimum atomic E-state index is -0.544. The quantitative estimate of drug-likeness (QED) is 0.402. The minimum Gasteiger partial charge on any atom is -0.352 e. The van der Waals surface area contributed by atoms with Crippen LogP contribution in [0.15, 0.2) is 53.0 Å². The van der Waals surface area contributed by atoms with E-state index in [0.29, 0.717) is 12.2 Å². The Bertz CT molecular complexity index is 902. The van der Waals surface area contributed by atoms with Gasteiger partial charge in [-0.1, -0.05) is 66.4 Å². The van der Waals surface area contributed by atoms with Crippen LogP contribution < -0.4 is 5.32 Å². The van der Waals surface area contributed by atoms with Crippen LogP contribution in [0.2, 0.25) is 0 Å². The second kappa shape index (κ2) is 13.1. The highest BCUT2D eigenvalue weighted by atomic mass is 79.9. The first-order chi connectivity index (χ1) is 16.0. The van der Waals surface area contributed by atoms with Gasteiger partial charge in [-0.3, -0.25) is 9.59 Å². The molecule has 1 atom stereocenters. The highest BCUT2D eigenvalue weighted by molar-refractivity contribution is 9.10. The Balaban J connectivity index is 1.68. The fourth-order valence-corrected chi connectivity index (χ4v) is 5.31. The van der Waals surface area contributed by atoms with Gasteiger partial charge in [0.15, 0.2) is 0 Å².